The lowest BCUT2D eigenvalue weighted by Crippen LogP contribution is -2.48. The van der Waals surface area contributed by atoms with Crippen LogP contribution in [0.2, 0.25) is 0 Å². The Balaban J connectivity index is 1.52. The number of hydrogen-bond donors (Lipinski definition) is 1. The van der Waals surface area contributed by atoms with Crippen LogP contribution in [0.3, 0.4) is 0 Å². The molecule has 0 heterocycles. The van der Waals surface area contributed by atoms with Gasteiger partial charge in [0.2, 0.25) is 0 Å². The summed E-state index contributed by atoms with van der Waals surface area (Å²) in [4.78, 5) is 12.3. The lowest BCUT2D eigenvalue weighted by Gasteiger charge is -2.57. The quantitative estimate of drug-likeness (QED) is 0.541. The Morgan fingerprint density at radius 3 is 2.29 bits per heavy atom. The smallest absolute Gasteiger partial charge is 0.343 e. The normalized spacial score (nSPS) is 30.2. The van der Waals surface area contributed by atoms with Gasteiger partial charge in [0.05, 0.1) is 11.8 Å². The maximum absolute atomic E-state index is 12.3. The molecule has 4 aliphatic carbocycles. The third kappa shape index (κ3) is 2.76. The zero-order valence-corrected chi connectivity index (χ0v) is 16.1. The summed E-state index contributed by atoms with van der Waals surface area (Å²) in [7, 11) is 0. The van der Waals surface area contributed by atoms with Gasteiger partial charge in [-0.2, -0.15) is 0 Å². The van der Waals surface area contributed by atoms with Gasteiger partial charge in [0.1, 0.15) is 5.75 Å². The second-order valence-electron chi connectivity index (χ2n) is 9.05. The van der Waals surface area contributed by atoms with Gasteiger partial charge in [0.25, 0.3) is 0 Å². The van der Waals surface area contributed by atoms with Crippen LogP contribution in [0.1, 0.15) is 54.4 Å². The van der Waals surface area contributed by atoms with Crippen molar-refractivity contribution in [1.29, 1.82) is 0 Å². The molecule has 3 nitrogen and oxygen atoms in total. The monoisotopic (exact) mass is 374 g/mol. The molecule has 0 aliphatic heterocycles. The highest BCUT2D eigenvalue weighted by atomic mass is 16.5. The standard InChI is InChI=1S/C25H26O3/c1-2-28-24(27)21-6-4-3-5-20(21)19-7-8-22(23(26)12-19)25-13-16-9-17(14-25)11-18(10-16)15-25/h2-8,12,16-18,26H,1,9-11,13-15H2. The molecule has 4 saturated carbocycles. The number of benzene rings is 2. The molecule has 28 heavy (non-hydrogen) atoms. The number of esters is 1. The molecule has 1 N–H and O–H groups in total. The molecular weight excluding hydrogens is 348 g/mol. The van der Waals surface area contributed by atoms with Gasteiger partial charge in [-0.3, -0.25) is 0 Å². The zero-order chi connectivity index (χ0) is 19.3. The second kappa shape index (κ2) is 6.51. The van der Waals surface area contributed by atoms with Crippen molar-refractivity contribution in [2.24, 2.45) is 17.8 Å². The molecule has 4 fully saturated rings. The number of ether oxygens (including phenoxy) is 1. The van der Waals surface area contributed by atoms with Crippen LogP contribution in [0, 0.1) is 17.8 Å². The number of carbonyl (C=O) groups excluding carboxylic acids is 1. The van der Waals surface area contributed by atoms with Crippen LogP contribution in [0.4, 0.5) is 0 Å². The molecular formula is C25H26O3. The van der Waals surface area contributed by atoms with Gasteiger partial charge < -0.3 is 9.84 Å². The molecule has 0 atom stereocenters. The summed E-state index contributed by atoms with van der Waals surface area (Å²) < 4.78 is 4.97. The van der Waals surface area contributed by atoms with Gasteiger partial charge in [-0.15, -0.1) is 0 Å². The lowest BCUT2D eigenvalue weighted by atomic mass is 9.48. The van der Waals surface area contributed by atoms with E-state index in [1.54, 1.807) is 6.07 Å². The fourth-order valence-electron chi connectivity index (χ4n) is 6.64. The Morgan fingerprint density at radius 2 is 1.68 bits per heavy atom. The molecule has 144 valence electrons. The third-order valence-electron chi connectivity index (χ3n) is 7.26. The summed E-state index contributed by atoms with van der Waals surface area (Å²) in [6.45, 7) is 3.46. The van der Waals surface area contributed by atoms with Crippen LogP contribution in [0.5, 0.6) is 5.75 Å². The van der Waals surface area contributed by atoms with Gasteiger partial charge in [-0.1, -0.05) is 36.9 Å². The van der Waals surface area contributed by atoms with Gasteiger partial charge in [0.15, 0.2) is 0 Å². The Labute approximate surface area is 166 Å². The molecule has 0 unspecified atom stereocenters. The maximum atomic E-state index is 12.3. The number of phenolic OH excluding ortho intramolecular Hbond substituents is 1. The van der Waals surface area contributed by atoms with Gasteiger partial charge >= 0.3 is 5.97 Å². The topological polar surface area (TPSA) is 46.5 Å². The highest BCUT2D eigenvalue weighted by molar-refractivity contribution is 5.97. The van der Waals surface area contributed by atoms with Crippen molar-refractivity contribution in [3.63, 3.8) is 0 Å². The Hall–Kier alpha value is -2.55. The van der Waals surface area contributed by atoms with Crippen molar-refractivity contribution in [2.45, 2.75) is 43.9 Å². The molecule has 6 rings (SSSR count). The maximum Gasteiger partial charge on any atom is 0.343 e. The number of hydrogen-bond acceptors (Lipinski definition) is 3. The van der Waals surface area contributed by atoms with Crippen LogP contribution in [0.25, 0.3) is 11.1 Å². The summed E-state index contributed by atoms with van der Waals surface area (Å²) >= 11 is 0. The van der Waals surface area contributed by atoms with E-state index in [2.05, 4.69) is 12.6 Å². The van der Waals surface area contributed by atoms with E-state index in [-0.39, 0.29) is 5.41 Å². The summed E-state index contributed by atoms with van der Waals surface area (Å²) in [5.41, 5.74) is 3.34. The first-order valence-electron chi connectivity index (χ1n) is 10.3. The van der Waals surface area contributed by atoms with Crippen molar-refractivity contribution in [1.82, 2.24) is 0 Å². The summed E-state index contributed by atoms with van der Waals surface area (Å²) in [6.07, 6.45) is 8.95. The fraction of sp³-hybridized carbons (Fsp3) is 0.400. The van der Waals surface area contributed by atoms with Gasteiger partial charge in [0, 0.05) is 5.56 Å². The molecule has 3 heteroatoms. The highest BCUT2D eigenvalue weighted by Crippen LogP contribution is 2.61. The van der Waals surface area contributed by atoms with E-state index in [9.17, 15) is 9.90 Å². The Kier molecular flexibility index (Phi) is 4.08. The molecule has 2 aromatic carbocycles. The minimum absolute atomic E-state index is 0.151. The van der Waals surface area contributed by atoms with Crippen molar-refractivity contribution in [2.75, 3.05) is 0 Å². The van der Waals surface area contributed by atoms with E-state index >= 15 is 0 Å². The summed E-state index contributed by atoms with van der Waals surface area (Å²) in [6, 6.07) is 13.3. The van der Waals surface area contributed by atoms with Crippen LogP contribution < -0.4 is 0 Å². The van der Waals surface area contributed by atoms with Crippen molar-refractivity contribution >= 4 is 5.97 Å². The molecule has 4 bridgehead atoms. The first-order chi connectivity index (χ1) is 13.6. The Bertz CT molecular complexity index is 907. The van der Waals surface area contributed by atoms with E-state index < -0.39 is 5.97 Å². The fourth-order valence-corrected chi connectivity index (χ4v) is 6.64. The minimum atomic E-state index is -0.435. The van der Waals surface area contributed by atoms with E-state index in [0.29, 0.717) is 11.3 Å². The molecule has 2 aromatic rings. The van der Waals surface area contributed by atoms with Crippen LogP contribution in [-0.2, 0) is 10.2 Å². The molecule has 0 saturated heterocycles. The SMILES string of the molecule is C=COC(=O)c1ccccc1-c1ccc(C23CC4CC(CC(C4)C2)C3)c(O)c1. The van der Waals surface area contributed by atoms with E-state index in [1.165, 1.54) is 38.5 Å². The van der Waals surface area contributed by atoms with Crippen LogP contribution in [-0.4, -0.2) is 11.1 Å². The highest BCUT2D eigenvalue weighted by Gasteiger charge is 2.52. The molecule has 4 aliphatic rings. The van der Waals surface area contributed by atoms with Crippen LogP contribution in [0.15, 0.2) is 55.3 Å². The average Bonchev–Trinajstić information content (AvgIpc) is 2.67. The van der Waals surface area contributed by atoms with Gasteiger partial charge in [-0.05, 0) is 85.0 Å². The van der Waals surface area contributed by atoms with E-state index in [0.717, 1.165) is 40.7 Å². The van der Waals surface area contributed by atoms with Crippen molar-refractivity contribution in [3.05, 3.63) is 66.4 Å². The lowest BCUT2D eigenvalue weighted by molar-refractivity contribution is -0.00612. The zero-order valence-electron chi connectivity index (χ0n) is 16.1. The summed E-state index contributed by atoms with van der Waals surface area (Å²) in [5, 5.41) is 11.0. The molecule has 0 radical (unpaired) electrons. The van der Waals surface area contributed by atoms with Crippen LogP contribution >= 0.6 is 0 Å². The second-order valence-corrected chi connectivity index (χ2v) is 9.05. The Morgan fingerprint density at radius 1 is 1.04 bits per heavy atom. The first-order valence-corrected chi connectivity index (χ1v) is 10.3. The number of phenols is 1. The predicted octanol–water partition coefficient (Wildman–Crippen LogP) is 5.83. The molecule has 0 spiro atoms. The predicted molar refractivity (Wildman–Crippen MR) is 109 cm³/mol. The van der Waals surface area contributed by atoms with E-state index in [1.807, 2.05) is 30.3 Å². The number of rotatable bonds is 4. The average molecular weight is 374 g/mol. The van der Waals surface area contributed by atoms with Gasteiger partial charge in [-0.25, -0.2) is 4.79 Å². The number of carbonyl (C=O) groups is 1. The number of aromatic hydroxyl groups is 1. The molecule has 0 aromatic heterocycles. The first kappa shape index (κ1) is 17.5. The third-order valence-corrected chi connectivity index (χ3v) is 7.26. The minimum Gasteiger partial charge on any atom is -0.508 e. The molecule has 0 amide bonds. The largest absolute Gasteiger partial charge is 0.508 e. The van der Waals surface area contributed by atoms with Crippen molar-refractivity contribution < 1.29 is 14.6 Å². The summed E-state index contributed by atoms with van der Waals surface area (Å²) in [5.74, 6) is 2.43. The van der Waals surface area contributed by atoms with Crippen molar-refractivity contribution in [3.8, 4) is 16.9 Å². The van der Waals surface area contributed by atoms with E-state index in [4.69, 9.17) is 4.74 Å².